The summed E-state index contributed by atoms with van der Waals surface area (Å²) >= 11 is 5.22. The summed E-state index contributed by atoms with van der Waals surface area (Å²) in [5.74, 6) is -1.13. The lowest BCUT2D eigenvalue weighted by Crippen LogP contribution is -2.11. The average molecular weight is 214 g/mol. The first-order valence-corrected chi connectivity index (χ1v) is 3.52. The zero-order valence-corrected chi connectivity index (χ0v) is 6.88. The summed E-state index contributed by atoms with van der Waals surface area (Å²) in [7, 11) is 0. The second-order valence-corrected chi connectivity index (χ2v) is 2.72. The highest BCUT2D eigenvalue weighted by Crippen LogP contribution is 2.39. The van der Waals surface area contributed by atoms with Crippen LogP contribution in [-0.2, 0) is 6.18 Å². The predicted molar refractivity (Wildman–Crippen MR) is 40.8 cm³/mol. The summed E-state index contributed by atoms with van der Waals surface area (Å²) in [5.41, 5.74) is 2.59. The van der Waals surface area contributed by atoms with Crippen molar-refractivity contribution in [3.63, 3.8) is 0 Å². The van der Waals surface area contributed by atoms with E-state index in [1.165, 1.54) is 0 Å². The molecule has 2 N–H and O–H groups in total. The quantitative estimate of drug-likeness (QED) is 0.520. The zero-order valence-electron chi connectivity index (χ0n) is 6.12. The number of rotatable bonds is 0. The molecule has 0 aromatic heterocycles. The van der Waals surface area contributed by atoms with Gasteiger partial charge in [-0.3, -0.25) is 0 Å². The van der Waals surface area contributed by atoms with Crippen LogP contribution in [0.1, 0.15) is 5.56 Å². The summed E-state index contributed by atoms with van der Waals surface area (Å²) in [5, 5.41) is -0.605. The van der Waals surface area contributed by atoms with Gasteiger partial charge in [0.15, 0.2) is 0 Å². The number of alkyl halides is 3. The van der Waals surface area contributed by atoms with Gasteiger partial charge >= 0.3 is 6.18 Å². The largest absolute Gasteiger partial charge is 0.419 e. The van der Waals surface area contributed by atoms with Crippen LogP contribution in [0.15, 0.2) is 12.1 Å². The number of hydrogen-bond acceptors (Lipinski definition) is 1. The SMILES string of the molecule is Nc1c(F)ccc(Cl)c1C(F)(F)F. The van der Waals surface area contributed by atoms with Crippen LogP contribution in [0.3, 0.4) is 0 Å². The maximum atomic E-state index is 12.6. The fourth-order valence-electron chi connectivity index (χ4n) is 0.856. The Bertz CT molecular complexity index is 334. The van der Waals surface area contributed by atoms with E-state index in [0.29, 0.717) is 0 Å². The second kappa shape index (κ2) is 3.06. The molecule has 1 rings (SSSR count). The molecular weight excluding hydrogens is 210 g/mol. The van der Waals surface area contributed by atoms with E-state index in [2.05, 4.69) is 0 Å². The van der Waals surface area contributed by atoms with Crippen LogP contribution in [0.2, 0.25) is 5.02 Å². The molecule has 0 amide bonds. The van der Waals surface area contributed by atoms with Gasteiger partial charge in [0.2, 0.25) is 0 Å². The van der Waals surface area contributed by atoms with Gasteiger partial charge in [-0.25, -0.2) is 4.39 Å². The maximum absolute atomic E-state index is 12.6. The topological polar surface area (TPSA) is 26.0 Å². The molecule has 0 fully saturated rings. The monoisotopic (exact) mass is 213 g/mol. The van der Waals surface area contributed by atoms with E-state index in [4.69, 9.17) is 17.3 Å². The van der Waals surface area contributed by atoms with Crippen molar-refractivity contribution < 1.29 is 17.6 Å². The van der Waals surface area contributed by atoms with E-state index in [1.54, 1.807) is 0 Å². The van der Waals surface area contributed by atoms with E-state index >= 15 is 0 Å². The molecule has 1 aromatic carbocycles. The van der Waals surface area contributed by atoms with E-state index in [1.807, 2.05) is 0 Å². The van der Waals surface area contributed by atoms with Crippen LogP contribution < -0.4 is 5.73 Å². The third-order valence-electron chi connectivity index (χ3n) is 1.42. The molecule has 0 saturated heterocycles. The van der Waals surface area contributed by atoms with Gasteiger partial charge in [0.1, 0.15) is 5.82 Å². The predicted octanol–water partition coefficient (Wildman–Crippen LogP) is 3.08. The normalized spacial score (nSPS) is 11.8. The summed E-state index contributed by atoms with van der Waals surface area (Å²) in [6, 6.07) is 1.60. The van der Waals surface area contributed by atoms with Gasteiger partial charge in [-0.15, -0.1) is 0 Å². The van der Waals surface area contributed by atoms with Crippen molar-refractivity contribution in [2.45, 2.75) is 6.18 Å². The molecular formula is C7H4ClF4N. The Balaban J connectivity index is 3.43. The number of halogens is 5. The molecule has 0 aliphatic carbocycles. The van der Waals surface area contributed by atoms with Crippen LogP contribution in [-0.4, -0.2) is 0 Å². The van der Waals surface area contributed by atoms with Crippen molar-refractivity contribution in [3.8, 4) is 0 Å². The minimum Gasteiger partial charge on any atom is -0.396 e. The number of nitrogens with two attached hydrogens (primary N) is 1. The fraction of sp³-hybridized carbons (Fsp3) is 0.143. The molecule has 0 radical (unpaired) electrons. The zero-order chi connectivity index (χ0) is 10.2. The van der Waals surface area contributed by atoms with E-state index in [9.17, 15) is 17.6 Å². The second-order valence-electron chi connectivity index (χ2n) is 2.32. The molecule has 0 spiro atoms. The van der Waals surface area contributed by atoms with Gasteiger partial charge in [0.25, 0.3) is 0 Å². The van der Waals surface area contributed by atoms with E-state index in [-0.39, 0.29) is 0 Å². The third-order valence-corrected chi connectivity index (χ3v) is 1.74. The third kappa shape index (κ3) is 1.85. The van der Waals surface area contributed by atoms with Crippen molar-refractivity contribution in [3.05, 3.63) is 28.5 Å². The smallest absolute Gasteiger partial charge is 0.396 e. The Hall–Kier alpha value is -0.970. The van der Waals surface area contributed by atoms with E-state index < -0.39 is 28.3 Å². The van der Waals surface area contributed by atoms with Crippen molar-refractivity contribution in [2.75, 3.05) is 5.73 Å². The van der Waals surface area contributed by atoms with Crippen LogP contribution in [0.25, 0.3) is 0 Å². The molecule has 0 atom stereocenters. The Kier molecular flexibility index (Phi) is 2.38. The molecule has 1 aromatic rings. The highest BCUT2D eigenvalue weighted by molar-refractivity contribution is 6.31. The number of nitrogen functional groups attached to an aromatic ring is 1. The lowest BCUT2D eigenvalue weighted by atomic mass is 10.1. The van der Waals surface area contributed by atoms with Crippen LogP contribution in [0.5, 0.6) is 0 Å². The minimum atomic E-state index is -4.73. The minimum absolute atomic E-state index is 0.605. The first-order chi connectivity index (χ1) is 5.84. The first-order valence-electron chi connectivity index (χ1n) is 3.14. The van der Waals surface area contributed by atoms with Crippen molar-refractivity contribution in [1.82, 2.24) is 0 Å². The Morgan fingerprint density at radius 3 is 2.15 bits per heavy atom. The Morgan fingerprint density at radius 1 is 1.23 bits per heavy atom. The molecule has 0 bridgehead atoms. The Morgan fingerprint density at radius 2 is 1.77 bits per heavy atom. The Labute approximate surface area is 76.1 Å². The van der Waals surface area contributed by atoms with Gasteiger partial charge in [-0.05, 0) is 12.1 Å². The van der Waals surface area contributed by atoms with Gasteiger partial charge in [0.05, 0.1) is 16.3 Å². The molecule has 13 heavy (non-hydrogen) atoms. The van der Waals surface area contributed by atoms with Crippen LogP contribution in [0, 0.1) is 5.82 Å². The van der Waals surface area contributed by atoms with Gasteiger partial charge in [0, 0.05) is 0 Å². The van der Waals surface area contributed by atoms with Gasteiger partial charge in [-0.2, -0.15) is 13.2 Å². The van der Waals surface area contributed by atoms with Crippen molar-refractivity contribution in [2.24, 2.45) is 0 Å². The maximum Gasteiger partial charge on any atom is 0.419 e. The van der Waals surface area contributed by atoms with Crippen molar-refractivity contribution in [1.29, 1.82) is 0 Å². The molecule has 72 valence electrons. The summed E-state index contributed by atoms with van der Waals surface area (Å²) in [6.45, 7) is 0. The summed E-state index contributed by atoms with van der Waals surface area (Å²) in [4.78, 5) is 0. The van der Waals surface area contributed by atoms with Crippen LogP contribution >= 0.6 is 11.6 Å². The lowest BCUT2D eigenvalue weighted by Gasteiger charge is -2.11. The molecule has 0 aliphatic rings. The first kappa shape index (κ1) is 10.1. The molecule has 1 nitrogen and oxygen atoms in total. The highest BCUT2D eigenvalue weighted by Gasteiger charge is 2.36. The molecule has 6 heteroatoms. The number of anilines is 1. The summed E-state index contributed by atoms with van der Waals surface area (Å²) < 4.78 is 49.1. The molecule has 0 unspecified atom stereocenters. The van der Waals surface area contributed by atoms with Gasteiger partial charge < -0.3 is 5.73 Å². The lowest BCUT2D eigenvalue weighted by molar-refractivity contribution is -0.136. The average Bonchev–Trinajstić information content (AvgIpc) is 1.95. The van der Waals surface area contributed by atoms with Crippen LogP contribution in [0.4, 0.5) is 23.2 Å². The number of benzene rings is 1. The van der Waals surface area contributed by atoms with Crippen molar-refractivity contribution >= 4 is 17.3 Å². The molecule has 0 aliphatic heterocycles. The standard InChI is InChI=1S/C7H4ClF4N/c8-3-1-2-4(9)6(13)5(3)7(10,11)12/h1-2H,13H2. The fourth-order valence-corrected chi connectivity index (χ4v) is 1.13. The van der Waals surface area contributed by atoms with E-state index in [0.717, 1.165) is 12.1 Å². The number of hydrogen-bond donors (Lipinski definition) is 1. The van der Waals surface area contributed by atoms with Gasteiger partial charge in [-0.1, -0.05) is 11.6 Å². The summed E-state index contributed by atoms with van der Waals surface area (Å²) in [6.07, 6.45) is -4.73. The molecule has 0 saturated carbocycles. The molecule has 0 heterocycles. The highest BCUT2D eigenvalue weighted by atomic mass is 35.5.